The lowest BCUT2D eigenvalue weighted by molar-refractivity contribution is 0.158. The van der Waals surface area contributed by atoms with E-state index in [-0.39, 0.29) is 6.10 Å². The van der Waals surface area contributed by atoms with E-state index >= 15 is 0 Å². The van der Waals surface area contributed by atoms with Crippen LogP contribution in [0.3, 0.4) is 0 Å². The summed E-state index contributed by atoms with van der Waals surface area (Å²) in [5.74, 6) is 0. The molecule has 1 unspecified atom stereocenters. The van der Waals surface area contributed by atoms with Crippen LogP contribution in [0.2, 0.25) is 0 Å². The topological polar surface area (TPSA) is 32.3 Å². The molecule has 1 aliphatic carbocycles. The van der Waals surface area contributed by atoms with Crippen molar-refractivity contribution in [3.8, 4) is 0 Å². The average molecular weight is 269 g/mol. The Hall–Kier alpha value is -0.0800. The molecule has 2 N–H and O–H groups in total. The molecule has 0 amide bonds. The lowest BCUT2D eigenvalue weighted by Crippen LogP contribution is -2.31. The van der Waals surface area contributed by atoms with Gasteiger partial charge in [0.25, 0.3) is 0 Å². The molecule has 1 atom stereocenters. The van der Waals surface area contributed by atoms with E-state index in [0.717, 1.165) is 19.4 Å². The summed E-state index contributed by atoms with van der Waals surface area (Å²) >= 11 is 0. The maximum absolute atomic E-state index is 9.60. The zero-order valence-electron chi connectivity index (χ0n) is 13.0. The van der Waals surface area contributed by atoms with Gasteiger partial charge in [0.1, 0.15) is 0 Å². The molecule has 0 spiro atoms. The van der Waals surface area contributed by atoms with Crippen LogP contribution in [0.1, 0.15) is 90.4 Å². The molecule has 19 heavy (non-hydrogen) atoms. The van der Waals surface area contributed by atoms with Crippen LogP contribution in [0.5, 0.6) is 0 Å². The number of aliphatic hydroxyl groups excluding tert-OH is 1. The molecule has 0 bridgehead atoms. The standard InChI is InChI=1S/C17H35NO/c1-2-17(19)14-15-18-16-12-10-8-6-4-3-5-7-9-11-13-16/h16-19H,2-15H2,1H3. The summed E-state index contributed by atoms with van der Waals surface area (Å²) in [6, 6.07) is 0.698. The third-order valence-electron chi connectivity index (χ3n) is 4.49. The second-order valence-corrected chi connectivity index (χ2v) is 6.26. The molecule has 0 aromatic carbocycles. The zero-order chi connectivity index (χ0) is 13.8. The minimum atomic E-state index is -0.112. The maximum atomic E-state index is 9.60. The quantitative estimate of drug-likeness (QED) is 0.775. The van der Waals surface area contributed by atoms with Crippen LogP contribution in [0, 0.1) is 0 Å². The monoisotopic (exact) mass is 269 g/mol. The van der Waals surface area contributed by atoms with Crippen molar-refractivity contribution in [2.24, 2.45) is 0 Å². The fraction of sp³-hybridized carbons (Fsp3) is 1.00. The predicted molar refractivity (Wildman–Crippen MR) is 83.5 cm³/mol. The van der Waals surface area contributed by atoms with Crippen molar-refractivity contribution in [3.05, 3.63) is 0 Å². The molecule has 114 valence electrons. The Bertz CT molecular complexity index is 184. The average Bonchev–Trinajstić information content (AvgIpc) is 2.41. The van der Waals surface area contributed by atoms with Crippen LogP contribution in [0.15, 0.2) is 0 Å². The van der Waals surface area contributed by atoms with Crippen molar-refractivity contribution >= 4 is 0 Å². The fourth-order valence-electron chi connectivity index (χ4n) is 3.03. The van der Waals surface area contributed by atoms with Crippen LogP contribution in [0.4, 0.5) is 0 Å². The first kappa shape index (κ1) is 17.0. The van der Waals surface area contributed by atoms with Gasteiger partial charge in [0.15, 0.2) is 0 Å². The maximum Gasteiger partial charge on any atom is 0.0549 e. The number of nitrogens with one attached hydrogen (secondary N) is 1. The summed E-state index contributed by atoms with van der Waals surface area (Å²) in [5, 5.41) is 13.3. The summed E-state index contributed by atoms with van der Waals surface area (Å²) in [6.45, 7) is 3.04. The Morgan fingerprint density at radius 1 is 0.895 bits per heavy atom. The van der Waals surface area contributed by atoms with Gasteiger partial charge in [-0.05, 0) is 32.2 Å². The minimum Gasteiger partial charge on any atom is -0.393 e. The Labute approximate surface area is 120 Å². The summed E-state index contributed by atoms with van der Waals surface area (Å²) in [4.78, 5) is 0. The summed E-state index contributed by atoms with van der Waals surface area (Å²) in [7, 11) is 0. The molecule has 0 aromatic heterocycles. The summed E-state index contributed by atoms with van der Waals surface area (Å²) in [6.07, 6.45) is 17.1. The van der Waals surface area contributed by atoms with Crippen molar-refractivity contribution in [3.63, 3.8) is 0 Å². The van der Waals surface area contributed by atoms with Gasteiger partial charge in [-0.3, -0.25) is 0 Å². The second kappa shape index (κ2) is 11.7. The van der Waals surface area contributed by atoms with E-state index in [1.54, 1.807) is 0 Å². The highest BCUT2D eigenvalue weighted by Gasteiger charge is 2.09. The summed E-state index contributed by atoms with van der Waals surface area (Å²) in [5.41, 5.74) is 0. The van der Waals surface area contributed by atoms with Gasteiger partial charge in [-0.15, -0.1) is 0 Å². The predicted octanol–water partition coefficient (Wildman–Crippen LogP) is 4.41. The van der Waals surface area contributed by atoms with E-state index < -0.39 is 0 Å². The Kier molecular flexibility index (Phi) is 10.5. The van der Waals surface area contributed by atoms with Crippen LogP contribution < -0.4 is 5.32 Å². The van der Waals surface area contributed by atoms with Gasteiger partial charge in [0.2, 0.25) is 0 Å². The van der Waals surface area contributed by atoms with E-state index in [0.29, 0.717) is 6.04 Å². The van der Waals surface area contributed by atoms with E-state index in [4.69, 9.17) is 0 Å². The third kappa shape index (κ3) is 9.45. The molecule has 2 heteroatoms. The molecule has 0 aromatic rings. The van der Waals surface area contributed by atoms with Gasteiger partial charge in [-0.1, -0.05) is 64.7 Å². The largest absolute Gasteiger partial charge is 0.393 e. The SMILES string of the molecule is CCC(O)CCNC1CCCCCCCCCCC1. The normalized spacial score (nSPS) is 22.4. The van der Waals surface area contributed by atoms with Gasteiger partial charge < -0.3 is 10.4 Å². The number of aliphatic hydroxyl groups is 1. The highest BCUT2D eigenvalue weighted by atomic mass is 16.3. The molecule has 1 aliphatic rings. The molecule has 0 heterocycles. The Morgan fingerprint density at radius 3 is 1.84 bits per heavy atom. The van der Waals surface area contributed by atoms with E-state index in [2.05, 4.69) is 12.2 Å². The fourth-order valence-corrected chi connectivity index (χ4v) is 3.03. The molecular formula is C17H35NO. The van der Waals surface area contributed by atoms with Crippen LogP contribution >= 0.6 is 0 Å². The van der Waals surface area contributed by atoms with Gasteiger partial charge >= 0.3 is 0 Å². The summed E-state index contributed by atoms with van der Waals surface area (Å²) < 4.78 is 0. The Balaban J connectivity index is 2.18. The molecule has 0 saturated heterocycles. The minimum absolute atomic E-state index is 0.112. The van der Waals surface area contributed by atoms with Crippen molar-refractivity contribution in [2.75, 3.05) is 6.54 Å². The highest BCUT2D eigenvalue weighted by Crippen LogP contribution is 2.17. The van der Waals surface area contributed by atoms with E-state index in [1.165, 1.54) is 70.6 Å². The Morgan fingerprint density at radius 2 is 1.37 bits per heavy atom. The van der Waals surface area contributed by atoms with E-state index in [1.807, 2.05) is 0 Å². The molecule has 0 aliphatic heterocycles. The van der Waals surface area contributed by atoms with Gasteiger partial charge in [-0.2, -0.15) is 0 Å². The third-order valence-corrected chi connectivity index (χ3v) is 4.49. The zero-order valence-corrected chi connectivity index (χ0v) is 13.0. The van der Waals surface area contributed by atoms with Crippen LogP contribution in [-0.2, 0) is 0 Å². The van der Waals surface area contributed by atoms with E-state index in [9.17, 15) is 5.11 Å². The lowest BCUT2D eigenvalue weighted by Gasteiger charge is -2.20. The molecular weight excluding hydrogens is 234 g/mol. The van der Waals surface area contributed by atoms with Crippen molar-refractivity contribution in [1.29, 1.82) is 0 Å². The second-order valence-electron chi connectivity index (χ2n) is 6.26. The van der Waals surface area contributed by atoms with Crippen molar-refractivity contribution in [1.82, 2.24) is 5.32 Å². The number of rotatable bonds is 5. The molecule has 1 rings (SSSR count). The first-order valence-electron chi connectivity index (χ1n) is 8.74. The van der Waals surface area contributed by atoms with Crippen molar-refractivity contribution in [2.45, 2.75) is 103 Å². The van der Waals surface area contributed by atoms with Crippen LogP contribution in [-0.4, -0.2) is 23.8 Å². The van der Waals surface area contributed by atoms with Gasteiger partial charge in [0.05, 0.1) is 6.10 Å². The molecule has 2 nitrogen and oxygen atoms in total. The van der Waals surface area contributed by atoms with Gasteiger partial charge in [0, 0.05) is 6.04 Å². The molecule has 0 radical (unpaired) electrons. The first-order valence-corrected chi connectivity index (χ1v) is 8.74. The number of hydrogen-bond acceptors (Lipinski definition) is 2. The van der Waals surface area contributed by atoms with Crippen LogP contribution in [0.25, 0.3) is 0 Å². The number of hydrogen-bond donors (Lipinski definition) is 2. The smallest absolute Gasteiger partial charge is 0.0549 e. The van der Waals surface area contributed by atoms with Gasteiger partial charge in [-0.25, -0.2) is 0 Å². The molecule has 1 saturated carbocycles. The van der Waals surface area contributed by atoms with Crippen molar-refractivity contribution < 1.29 is 5.11 Å². The first-order chi connectivity index (χ1) is 9.33. The highest BCUT2D eigenvalue weighted by molar-refractivity contribution is 4.69. The lowest BCUT2D eigenvalue weighted by atomic mass is 9.98. The molecule has 1 fully saturated rings.